The molecule has 5 nitrogen and oxygen atoms in total. The van der Waals surface area contributed by atoms with Crippen LogP contribution in [0.4, 0.5) is 0 Å². The van der Waals surface area contributed by atoms with E-state index in [4.69, 9.17) is 0 Å². The second-order valence-electron chi connectivity index (χ2n) is 7.33. The number of piperidine rings is 1. The van der Waals surface area contributed by atoms with Crippen LogP contribution in [0.25, 0.3) is 11.0 Å². The van der Waals surface area contributed by atoms with Crippen molar-refractivity contribution in [1.29, 1.82) is 0 Å². The zero-order valence-electron chi connectivity index (χ0n) is 14.5. The Morgan fingerprint density at radius 2 is 2.15 bits per heavy atom. The molecular formula is C21H21N3O2. The fourth-order valence-electron chi connectivity index (χ4n) is 4.76. The number of amides is 1. The van der Waals surface area contributed by atoms with Crippen molar-refractivity contribution in [3.63, 3.8) is 0 Å². The van der Waals surface area contributed by atoms with Gasteiger partial charge in [0, 0.05) is 24.1 Å². The molecule has 1 amide bonds. The summed E-state index contributed by atoms with van der Waals surface area (Å²) < 4.78 is 0. The van der Waals surface area contributed by atoms with E-state index in [1.165, 1.54) is 5.56 Å². The minimum Gasteiger partial charge on any atom is -0.508 e. The summed E-state index contributed by atoms with van der Waals surface area (Å²) in [5, 5.41) is 10.2. The van der Waals surface area contributed by atoms with Crippen molar-refractivity contribution in [2.24, 2.45) is 0 Å². The highest BCUT2D eigenvalue weighted by Gasteiger charge is 2.39. The van der Waals surface area contributed by atoms with Crippen LogP contribution in [0.3, 0.4) is 0 Å². The van der Waals surface area contributed by atoms with E-state index in [2.05, 4.69) is 20.9 Å². The second kappa shape index (κ2) is 5.87. The summed E-state index contributed by atoms with van der Waals surface area (Å²) in [7, 11) is 0. The molecule has 1 fully saturated rings. The largest absolute Gasteiger partial charge is 0.508 e. The lowest BCUT2D eigenvalue weighted by atomic mass is 9.74. The van der Waals surface area contributed by atoms with Crippen LogP contribution in [0.1, 0.15) is 46.7 Å². The molecule has 0 bridgehead atoms. The fourth-order valence-corrected chi connectivity index (χ4v) is 4.76. The average Bonchev–Trinajstić information content (AvgIpc) is 3.15. The summed E-state index contributed by atoms with van der Waals surface area (Å²) in [6, 6.07) is 11.7. The quantitative estimate of drug-likeness (QED) is 0.707. The van der Waals surface area contributed by atoms with Gasteiger partial charge in [0.1, 0.15) is 5.75 Å². The molecule has 3 aromatic rings. The number of nitrogens with one attached hydrogen (secondary N) is 1. The average molecular weight is 347 g/mol. The molecule has 26 heavy (non-hydrogen) atoms. The van der Waals surface area contributed by atoms with Gasteiger partial charge in [-0.3, -0.25) is 4.79 Å². The molecule has 5 rings (SSSR count). The Morgan fingerprint density at radius 1 is 1.23 bits per heavy atom. The third-order valence-electron chi connectivity index (χ3n) is 5.99. The summed E-state index contributed by atoms with van der Waals surface area (Å²) in [5.74, 6) is 0.805. The van der Waals surface area contributed by atoms with Gasteiger partial charge in [-0.2, -0.15) is 0 Å². The molecule has 1 aliphatic carbocycles. The SMILES string of the molecule is O=C(c1ccc2[nH]cnc2c1)N1CCC[C@H]2c3cccc(O)c3CC[C@H]21. The van der Waals surface area contributed by atoms with Crippen LogP contribution in [0.2, 0.25) is 0 Å². The number of nitrogens with zero attached hydrogens (tertiary/aromatic N) is 2. The van der Waals surface area contributed by atoms with Crippen LogP contribution >= 0.6 is 0 Å². The first-order valence-corrected chi connectivity index (χ1v) is 9.27. The van der Waals surface area contributed by atoms with Gasteiger partial charge in [0.15, 0.2) is 0 Å². The topological polar surface area (TPSA) is 69.2 Å². The number of carbonyl (C=O) groups is 1. The Balaban J connectivity index is 1.49. The number of aromatic hydroxyl groups is 1. The number of benzene rings is 2. The highest BCUT2D eigenvalue weighted by molar-refractivity contribution is 5.97. The van der Waals surface area contributed by atoms with E-state index in [1.54, 1.807) is 12.4 Å². The molecule has 1 saturated heterocycles. The van der Waals surface area contributed by atoms with Gasteiger partial charge in [0.2, 0.25) is 0 Å². The van der Waals surface area contributed by atoms with Crippen molar-refractivity contribution >= 4 is 16.9 Å². The van der Waals surface area contributed by atoms with E-state index in [1.807, 2.05) is 24.3 Å². The van der Waals surface area contributed by atoms with E-state index in [-0.39, 0.29) is 11.9 Å². The van der Waals surface area contributed by atoms with Gasteiger partial charge in [-0.05, 0) is 61.1 Å². The van der Waals surface area contributed by atoms with E-state index in [0.29, 0.717) is 17.2 Å². The van der Waals surface area contributed by atoms with Crippen molar-refractivity contribution in [2.45, 2.75) is 37.6 Å². The maximum absolute atomic E-state index is 13.2. The Labute approximate surface area is 151 Å². The number of likely N-dealkylation sites (tertiary alicyclic amines) is 1. The first-order valence-electron chi connectivity index (χ1n) is 9.27. The van der Waals surface area contributed by atoms with Crippen LogP contribution in [0.15, 0.2) is 42.7 Å². The third kappa shape index (κ3) is 2.30. The predicted molar refractivity (Wildman–Crippen MR) is 99.3 cm³/mol. The Kier molecular flexibility index (Phi) is 3.48. The monoisotopic (exact) mass is 347 g/mol. The van der Waals surface area contributed by atoms with Crippen molar-refractivity contribution in [2.75, 3.05) is 6.54 Å². The summed E-state index contributed by atoms with van der Waals surface area (Å²) in [6.07, 6.45) is 5.45. The zero-order valence-corrected chi connectivity index (χ0v) is 14.5. The standard InChI is InChI=1S/C21H21N3O2/c25-20-5-1-3-14-15-4-2-10-24(19(15)9-7-16(14)20)21(26)13-6-8-17-18(11-13)23-12-22-17/h1,3,5-6,8,11-12,15,19,25H,2,4,7,9-10H2,(H,22,23)/t15-,19+/m0/s1. The van der Waals surface area contributed by atoms with Crippen molar-refractivity contribution in [1.82, 2.24) is 14.9 Å². The molecule has 2 aromatic carbocycles. The first kappa shape index (κ1) is 15.4. The molecule has 2 atom stereocenters. The van der Waals surface area contributed by atoms with Crippen LogP contribution in [-0.2, 0) is 6.42 Å². The first-order chi connectivity index (χ1) is 12.7. The Morgan fingerprint density at radius 3 is 3.08 bits per heavy atom. The number of imidazole rings is 1. The van der Waals surface area contributed by atoms with E-state index in [9.17, 15) is 9.90 Å². The maximum Gasteiger partial charge on any atom is 0.254 e. The smallest absolute Gasteiger partial charge is 0.254 e. The van der Waals surface area contributed by atoms with Gasteiger partial charge in [-0.15, -0.1) is 0 Å². The number of fused-ring (bicyclic) bond motifs is 4. The Hall–Kier alpha value is -2.82. The lowest BCUT2D eigenvalue weighted by molar-refractivity contribution is 0.0546. The van der Waals surface area contributed by atoms with Gasteiger partial charge in [0.25, 0.3) is 5.91 Å². The normalized spacial score (nSPS) is 22.1. The lowest BCUT2D eigenvalue weighted by Crippen LogP contribution is -2.49. The molecule has 0 radical (unpaired) electrons. The number of aromatic nitrogens is 2. The van der Waals surface area contributed by atoms with E-state index < -0.39 is 0 Å². The molecule has 2 aliphatic rings. The van der Waals surface area contributed by atoms with Gasteiger partial charge in [-0.25, -0.2) is 4.98 Å². The predicted octanol–water partition coefficient (Wildman–Crippen LogP) is 3.60. The molecular weight excluding hydrogens is 326 g/mol. The molecule has 1 aliphatic heterocycles. The van der Waals surface area contributed by atoms with Crippen molar-refractivity contribution < 1.29 is 9.90 Å². The van der Waals surface area contributed by atoms with Crippen molar-refractivity contribution in [3.05, 3.63) is 59.4 Å². The fraction of sp³-hybridized carbons (Fsp3) is 0.333. The molecule has 0 saturated carbocycles. The second-order valence-corrected chi connectivity index (χ2v) is 7.33. The zero-order chi connectivity index (χ0) is 17.7. The minimum atomic E-state index is 0.0909. The third-order valence-corrected chi connectivity index (χ3v) is 5.99. The summed E-state index contributed by atoms with van der Waals surface area (Å²) >= 11 is 0. The van der Waals surface area contributed by atoms with Crippen molar-refractivity contribution in [3.8, 4) is 5.75 Å². The van der Waals surface area contributed by atoms with E-state index in [0.717, 1.165) is 48.8 Å². The van der Waals surface area contributed by atoms with Gasteiger partial charge < -0.3 is 15.0 Å². The molecule has 0 spiro atoms. The van der Waals surface area contributed by atoms with Crippen LogP contribution in [0, 0.1) is 0 Å². The lowest BCUT2D eigenvalue weighted by Gasteiger charge is -2.45. The molecule has 0 unspecified atom stereocenters. The van der Waals surface area contributed by atoms with Gasteiger partial charge >= 0.3 is 0 Å². The van der Waals surface area contributed by atoms with Crippen LogP contribution < -0.4 is 0 Å². The molecule has 1 aromatic heterocycles. The number of hydrogen-bond donors (Lipinski definition) is 2. The number of hydrogen-bond acceptors (Lipinski definition) is 3. The molecule has 132 valence electrons. The number of carbonyl (C=O) groups excluding carboxylic acids is 1. The summed E-state index contributed by atoms with van der Waals surface area (Å²) in [5.41, 5.74) is 4.76. The summed E-state index contributed by atoms with van der Waals surface area (Å²) in [6.45, 7) is 0.798. The molecule has 2 N–H and O–H groups in total. The highest BCUT2D eigenvalue weighted by atomic mass is 16.3. The van der Waals surface area contributed by atoms with Gasteiger partial charge in [0.05, 0.1) is 17.4 Å². The minimum absolute atomic E-state index is 0.0909. The maximum atomic E-state index is 13.2. The van der Waals surface area contributed by atoms with Crippen LogP contribution in [-0.4, -0.2) is 38.5 Å². The number of H-pyrrole nitrogens is 1. The number of aromatic amines is 1. The summed E-state index contributed by atoms with van der Waals surface area (Å²) in [4.78, 5) is 22.6. The van der Waals surface area contributed by atoms with E-state index >= 15 is 0 Å². The highest BCUT2D eigenvalue weighted by Crippen LogP contribution is 2.43. The number of phenolic OH excluding ortho intramolecular Hbond substituents is 1. The molecule has 5 heteroatoms. The number of rotatable bonds is 1. The Bertz CT molecular complexity index is 994. The van der Waals surface area contributed by atoms with Gasteiger partial charge in [-0.1, -0.05) is 12.1 Å². The number of phenols is 1. The van der Waals surface area contributed by atoms with Crippen LogP contribution in [0.5, 0.6) is 5.75 Å². The molecule has 2 heterocycles.